The zero-order valence-corrected chi connectivity index (χ0v) is 14.0. The smallest absolute Gasteiger partial charge is 0.340 e. The van der Waals surface area contributed by atoms with Crippen molar-refractivity contribution in [1.29, 1.82) is 0 Å². The molecule has 0 radical (unpaired) electrons. The Morgan fingerprint density at radius 1 is 1.17 bits per heavy atom. The van der Waals surface area contributed by atoms with E-state index in [0.717, 1.165) is 25.7 Å². The maximum Gasteiger partial charge on any atom is 0.340 e. The Bertz CT molecular complexity index is 593. The summed E-state index contributed by atoms with van der Waals surface area (Å²) in [4.78, 5) is 25.4. The predicted octanol–water partition coefficient (Wildman–Crippen LogP) is 2.79. The summed E-state index contributed by atoms with van der Waals surface area (Å²) in [6.07, 6.45) is 4.20. The van der Waals surface area contributed by atoms with Crippen molar-refractivity contribution < 1.29 is 23.8 Å². The van der Waals surface area contributed by atoms with Gasteiger partial charge in [-0.15, -0.1) is 0 Å². The molecule has 0 heterocycles. The van der Waals surface area contributed by atoms with E-state index in [4.69, 9.17) is 14.2 Å². The van der Waals surface area contributed by atoms with Gasteiger partial charge in [0, 0.05) is 14.0 Å². The number of anilines is 1. The maximum atomic E-state index is 12.1. The summed E-state index contributed by atoms with van der Waals surface area (Å²) in [6, 6.07) is 3.25. The Labute approximate surface area is 136 Å². The van der Waals surface area contributed by atoms with Crippen LogP contribution in [0.25, 0.3) is 0 Å². The summed E-state index contributed by atoms with van der Waals surface area (Å²) in [5.74, 6) is 0.180. The molecule has 1 aromatic carbocycles. The van der Waals surface area contributed by atoms with E-state index in [-0.39, 0.29) is 17.6 Å². The number of benzene rings is 1. The van der Waals surface area contributed by atoms with E-state index < -0.39 is 5.97 Å². The van der Waals surface area contributed by atoms with E-state index in [1.165, 1.54) is 26.0 Å². The van der Waals surface area contributed by atoms with Gasteiger partial charge in [0.1, 0.15) is 5.69 Å². The van der Waals surface area contributed by atoms with Gasteiger partial charge in [-0.25, -0.2) is 4.79 Å². The monoisotopic (exact) mass is 321 g/mol. The molecule has 0 bridgehead atoms. The second-order valence-corrected chi connectivity index (χ2v) is 5.59. The van der Waals surface area contributed by atoms with Gasteiger partial charge in [0.15, 0.2) is 11.5 Å². The van der Waals surface area contributed by atoms with E-state index in [0.29, 0.717) is 17.2 Å². The van der Waals surface area contributed by atoms with Crippen LogP contribution in [-0.2, 0) is 9.53 Å². The summed E-state index contributed by atoms with van der Waals surface area (Å²) >= 11 is 0. The van der Waals surface area contributed by atoms with Gasteiger partial charge in [-0.3, -0.25) is 4.79 Å². The molecule has 0 unspecified atom stereocenters. The van der Waals surface area contributed by atoms with E-state index in [1.54, 1.807) is 19.2 Å². The molecule has 0 aliphatic heterocycles. The first-order valence-corrected chi connectivity index (χ1v) is 7.69. The van der Waals surface area contributed by atoms with Gasteiger partial charge in [0.25, 0.3) is 0 Å². The first-order chi connectivity index (χ1) is 11.0. The zero-order valence-electron chi connectivity index (χ0n) is 14.0. The number of hydrogen-bond acceptors (Lipinski definition) is 5. The Hall–Kier alpha value is -2.24. The molecule has 0 N–H and O–H groups in total. The van der Waals surface area contributed by atoms with Crippen molar-refractivity contribution in [2.24, 2.45) is 0 Å². The molecule has 1 aliphatic carbocycles. The highest BCUT2D eigenvalue weighted by molar-refractivity contribution is 6.04. The van der Waals surface area contributed by atoms with Crippen molar-refractivity contribution in [2.45, 2.75) is 38.7 Å². The van der Waals surface area contributed by atoms with Crippen LogP contribution < -0.4 is 14.4 Å². The van der Waals surface area contributed by atoms with Crippen LogP contribution in [0.1, 0.15) is 43.0 Å². The largest absolute Gasteiger partial charge is 0.493 e. The first-order valence-electron chi connectivity index (χ1n) is 7.69. The SMILES string of the molecule is COC(=O)c1ccc(OC)c(OC2CCCC2)c1N(C)C(C)=O. The van der Waals surface area contributed by atoms with Crippen molar-refractivity contribution in [3.63, 3.8) is 0 Å². The molecule has 1 aromatic rings. The molecule has 0 spiro atoms. The fraction of sp³-hybridized carbons (Fsp3) is 0.529. The molecule has 1 fully saturated rings. The van der Waals surface area contributed by atoms with E-state index >= 15 is 0 Å². The lowest BCUT2D eigenvalue weighted by Crippen LogP contribution is -2.27. The maximum absolute atomic E-state index is 12.1. The van der Waals surface area contributed by atoms with Crippen molar-refractivity contribution in [3.8, 4) is 11.5 Å². The fourth-order valence-corrected chi connectivity index (χ4v) is 2.77. The summed E-state index contributed by atoms with van der Waals surface area (Å²) in [5.41, 5.74) is 0.662. The van der Waals surface area contributed by atoms with Crippen LogP contribution in [0.5, 0.6) is 11.5 Å². The third-order valence-corrected chi connectivity index (χ3v) is 4.12. The summed E-state index contributed by atoms with van der Waals surface area (Å²) in [6.45, 7) is 1.43. The Morgan fingerprint density at radius 2 is 1.83 bits per heavy atom. The topological polar surface area (TPSA) is 65.1 Å². The first kappa shape index (κ1) is 17.1. The molecule has 1 saturated carbocycles. The number of amides is 1. The molecule has 1 amide bonds. The van der Waals surface area contributed by atoms with Crippen LogP contribution in [0, 0.1) is 0 Å². The Morgan fingerprint density at radius 3 is 2.35 bits per heavy atom. The quantitative estimate of drug-likeness (QED) is 0.780. The van der Waals surface area contributed by atoms with Crippen molar-refractivity contribution in [2.75, 3.05) is 26.2 Å². The zero-order chi connectivity index (χ0) is 17.0. The van der Waals surface area contributed by atoms with E-state index in [9.17, 15) is 9.59 Å². The molecule has 0 atom stereocenters. The average Bonchev–Trinajstić information content (AvgIpc) is 3.05. The van der Waals surface area contributed by atoms with Gasteiger partial charge in [0.2, 0.25) is 5.91 Å². The molecular weight excluding hydrogens is 298 g/mol. The number of esters is 1. The minimum Gasteiger partial charge on any atom is -0.493 e. The fourth-order valence-electron chi connectivity index (χ4n) is 2.77. The second kappa shape index (κ2) is 7.35. The van der Waals surface area contributed by atoms with Gasteiger partial charge in [-0.2, -0.15) is 0 Å². The van der Waals surface area contributed by atoms with Gasteiger partial charge in [-0.1, -0.05) is 0 Å². The van der Waals surface area contributed by atoms with Crippen LogP contribution in [0.4, 0.5) is 5.69 Å². The number of rotatable bonds is 5. The normalized spacial score (nSPS) is 14.4. The predicted molar refractivity (Wildman–Crippen MR) is 86.3 cm³/mol. The molecule has 2 rings (SSSR count). The van der Waals surface area contributed by atoms with E-state index in [1.807, 2.05) is 0 Å². The highest BCUT2D eigenvalue weighted by Crippen LogP contribution is 2.42. The summed E-state index contributed by atoms with van der Waals surface area (Å²) in [5, 5.41) is 0. The average molecular weight is 321 g/mol. The number of nitrogens with zero attached hydrogens (tertiary/aromatic N) is 1. The summed E-state index contributed by atoms with van der Waals surface area (Å²) in [7, 11) is 4.44. The highest BCUT2D eigenvalue weighted by Gasteiger charge is 2.28. The third-order valence-electron chi connectivity index (χ3n) is 4.12. The standard InChI is InChI=1S/C17H23NO5/c1-11(19)18(2)15-13(17(20)22-4)9-10-14(21-3)16(15)23-12-7-5-6-8-12/h9-10,12H,5-8H2,1-4H3. The number of carbonyl (C=O) groups is 2. The van der Waals surface area contributed by atoms with Gasteiger partial charge < -0.3 is 19.1 Å². The molecular formula is C17H23NO5. The lowest BCUT2D eigenvalue weighted by molar-refractivity contribution is -0.116. The van der Waals surface area contributed by atoms with Crippen LogP contribution in [0.15, 0.2) is 12.1 Å². The van der Waals surface area contributed by atoms with Gasteiger partial charge >= 0.3 is 5.97 Å². The number of hydrogen-bond donors (Lipinski definition) is 0. The van der Waals surface area contributed by atoms with Crippen LogP contribution >= 0.6 is 0 Å². The van der Waals surface area contributed by atoms with E-state index in [2.05, 4.69) is 0 Å². The van der Waals surface area contributed by atoms with Crippen molar-refractivity contribution in [1.82, 2.24) is 0 Å². The third kappa shape index (κ3) is 3.57. The van der Waals surface area contributed by atoms with Crippen molar-refractivity contribution in [3.05, 3.63) is 17.7 Å². The second-order valence-electron chi connectivity index (χ2n) is 5.59. The molecule has 6 heteroatoms. The van der Waals surface area contributed by atoms with Crippen LogP contribution in [0.2, 0.25) is 0 Å². The van der Waals surface area contributed by atoms with Crippen LogP contribution in [-0.4, -0.2) is 39.2 Å². The Balaban J connectivity index is 2.57. The van der Waals surface area contributed by atoms with Crippen LogP contribution in [0.3, 0.4) is 0 Å². The molecule has 1 aliphatic rings. The molecule has 0 aromatic heterocycles. The molecule has 0 saturated heterocycles. The molecule has 126 valence electrons. The minimum absolute atomic E-state index is 0.0657. The Kier molecular flexibility index (Phi) is 5.47. The minimum atomic E-state index is -0.521. The van der Waals surface area contributed by atoms with Gasteiger partial charge in [0.05, 0.1) is 25.9 Å². The number of methoxy groups -OCH3 is 2. The van der Waals surface area contributed by atoms with Crippen molar-refractivity contribution >= 4 is 17.6 Å². The molecule has 6 nitrogen and oxygen atoms in total. The lowest BCUT2D eigenvalue weighted by atomic mass is 10.1. The number of carbonyl (C=O) groups excluding carboxylic acids is 2. The lowest BCUT2D eigenvalue weighted by Gasteiger charge is -2.25. The van der Waals surface area contributed by atoms with Gasteiger partial charge in [-0.05, 0) is 37.8 Å². The highest BCUT2D eigenvalue weighted by atomic mass is 16.5. The molecule has 23 heavy (non-hydrogen) atoms. The number of ether oxygens (including phenoxy) is 3. The summed E-state index contributed by atoms with van der Waals surface area (Å²) < 4.78 is 16.3.